The van der Waals surface area contributed by atoms with E-state index in [1.807, 2.05) is 70.2 Å². The smallest absolute Gasteiger partial charge is 0.246 e. The van der Waals surface area contributed by atoms with Gasteiger partial charge in [-0.15, -0.1) is 0 Å². The Bertz CT molecular complexity index is 976. The van der Waals surface area contributed by atoms with Crippen molar-refractivity contribution >= 4 is 17.5 Å². The van der Waals surface area contributed by atoms with E-state index in [2.05, 4.69) is 0 Å². The lowest BCUT2D eigenvalue weighted by Gasteiger charge is -2.34. The first-order chi connectivity index (χ1) is 13.8. The summed E-state index contributed by atoms with van der Waals surface area (Å²) in [5, 5.41) is 14.0. The topological polar surface area (TPSA) is 57.8 Å². The third-order valence-corrected chi connectivity index (χ3v) is 5.39. The number of piperidine rings is 1. The Hall–Kier alpha value is -2.92. The monoisotopic (exact) mass is 375 g/mol. The Morgan fingerprint density at radius 3 is 2.79 bits per heavy atom. The summed E-state index contributed by atoms with van der Waals surface area (Å²) in [6, 6.07) is 16.1. The number of carbonyl (C=O) groups excluding carboxylic acids is 1. The molecule has 0 aliphatic carbocycles. The Morgan fingerprint density at radius 2 is 1.96 bits per heavy atom. The molecule has 1 aromatic carbocycles. The summed E-state index contributed by atoms with van der Waals surface area (Å²) in [5.74, 6) is 0.00689. The third kappa shape index (κ3) is 3.71. The second-order valence-electron chi connectivity index (χ2n) is 7.19. The first-order valence-electron chi connectivity index (χ1n) is 9.90. The average Bonchev–Trinajstić information content (AvgIpc) is 3.12. The number of carbonyl (C=O) groups is 1. The minimum Gasteiger partial charge on any atom is -0.396 e. The van der Waals surface area contributed by atoms with E-state index in [9.17, 15) is 9.90 Å². The molecule has 1 N–H and O–H groups in total. The molecule has 4 rings (SSSR count). The molecule has 1 aliphatic heterocycles. The van der Waals surface area contributed by atoms with Crippen molar-refractivity contribution in [1.82, 2.24) is 14.5 Å². The molecule has 0 radical (unpaired) electrons. The van der Waals surface area contributed by atoms with Gasteiger partial charge in [0.15, 0.2) is 0 Å². The maximum absolute atomic E-state index is 12.9. The molecule has 0 spiro atoms. The highest BCUT2D eigenvalue weighted by atomic mass is 16.3. The van der Waals surface area contributed by atoms with Crippen LogP contribution in [-0.4, -0.2) is 44.7 Å². The minimum absolute atomic E-state index is 0.00689. The van der Waals surface area contributed by atoms with Gasteiger partial charge in [0.25, 0.3) is 0 Å². The van der Waals surface area contributed by atoms with Gasteiger partial charge in [-0.2, -0.15) is 5.10 Å². The van der Waals surface area contributed by atoms with E-state index in [1.165, 1.54) is 0 Å². The van der Waals surface area contributed by atoms with Gasteiger partial charge in [-0.1, -0.05) is 36.4 Å². The van der Waals surface area contributed by atoms with Crippen molar-refractivity contribution in [3.05, 3.63) is 66.4 Å². The number of fused-ring (bicyclic) bond motifs is 1. The predicted octanol–water partition coefficient (Wildman–Crippen LogP) is 3.78. The number of nitrogens with zero attached hydrogens (tertiary/aromatic N) is 3. The van der Waals surface area contributed by atoms with E-state index in [1.54, 1.807) is 6.08 Å². The summed E-state index contributed by atoms with van der Waals surface area (Å²) in [6.45, 7) is 0.874. The molecule has 5 nitrogen and oxygen atoms in total. The van der Waals surface area contributed by atoms with E-state index in [-0.39, 0.29) is 18.6 Å². The van der Waals surface area contributed by atoms with Crippen LogP contribution in [-0.2, 0) is 4.79 Å². The van der Waals surface area contributed by atoms with Crippen molar-refractivity contribution in [3.8, 4) is 11.3 Å². The van der Waals surface area contributed by atoms with Crippen molar-refractivity contribution in [2.45, 2.75) is 31.7 Å². The number of aliphatic hydroxyl groups excluding tert-OH is 1. The van der Waals surface area contributed by atoms with Gasteiger partial charge in [0.1, 0.15) is 5.69 Å². The fourth-order valence-corrected chi connectivity index (χ4v) is 3.98. The Kier molecular flexibility index (Phi) is 5.53. The van der Waals surface area contributed by atoms with Crippen LogP contribution >= 0.6 is 0 Å². The maximum Gasteiger partial charge on any atom is 0.246 e. The van der Waals surface area contributed by atoms with E-state index < -0.39 is 0 Å². The number of aliphatic hydroxyl groups is 1. The molecular weight excluding hydrogens is 350 g/mol. The molecule has 3 aromatic rings. The molecular formula is C23H25N3O2. The number of amides is 1. The fraction of sp³-hybridized carbons (Fsp3) is 0.304. The molecule has 0 bridgehead atoms. The predicted molar refractivity (Wildman–Crippen MR) is 111 cm³/mol. The summed E-state index contributed by atoms with van der Waals surface area (Å²) in [5.41, 5.74) is 3.79. The van der Waals surface area contributed by atoms with Gasteiger partial charge in [0.2, 0.25) is 5.91 Å². The number of hydrogen-bond donors (Lipinski definition) is 1. The molecule has 2 aromatic heterocycles. The van der Waals surface area contributed by atoms with Gasteiger partial charge in [-0.25, -0.2) is 4.52 Å². The van der Waals surface area contributed by atoms with Gasteiger partial charge in [0.05, 0.1) is 5.52 Å². The average molecular weight is 375 g/mol. The quantitative estimate of drug-likeness (QED) is 0.691. The number of aromatic nitrogens is 2. The van der Waals surface area contributed by atoms with E-state index in [4.69, 9.17) is 5.10 Å². The highest BCUT2D eigenvalue weighted by molar-refractivity contribution is 5.95. The normalized spacial score (nSPS) is 17.5. The molecule has 5 heteroatoms. The van der Waals surface area contributed by atoms with E-state index in [0.717, 1.165) is 48.1 Å². The van der Waals surface area contributed by atoms with Crippen LogP contribution in [0.5, 0.6) is 0 Å². The summed E-state index contributed by atoms with van der Waals surface area (Å²) in [7, 11) is 0. The summed E-state index contributed by atoms with van der Waals surface area (Å²) in [4.78, 5) is 14.8. The molecule has 28 heavy (non-hydrogen) atoms. The molecule has 1 saturated heterocycles. The largest absolute Gasteiger partial charge is 0.396 e. The lowest BCUT2D eigenvalue weighted by Crippen LogP contribution is -2.43. The van der Waals surface area contributed by atoms with Crippen LogP contribution in [0.4, 0.5) is 0 Å². The number of benzene rings is 1. The number of likely N-dealkylation sites (tertiary alicyclic amines) is 1. The Labute approximate surface area is 164 Å². The highest BCUT2D eigenvalue weighted by Crippen LogP contribution is 2.27. The second kappa shape index (κ2) is 8.40. The van der Waals surface area contributed by atoms with Crippen LogP contribution in [0.2, 0.25) is 0 Å². The Morgan fingerprint density at radius 1 is 1.14 bits per heavy atom. The van der Waals surface area contributed by atoms with Crippen LogP contribution in [0.15, 0.2) is 60.8 Å². The molecule has 1 aliphatic rings. The standard InChI is InChI=1S/C23H25N3O2/c27-17-14-19-10-4-6-15-25(19)22(28)13-12-20-21-11-5-7-16-26(21)24-23(20)18-8-2-1-3-9-18/h1-3,5,7-9,11-13,16,19,27H,4,6,10,14-15,17H2/t19-/m0/s1. The number of pyridine rings is 1. The zero-order valence-corrected chi connectivity index (χ0v) is 15.9. The first-order valence-corrected chi connectivity index (χ1v) is 9.90. The van der Waals surface area contributed by atoms with Crippen LogP contribution in [0, 0.1) is 0 Å². The molecule has 1 atom stereocenters. The summed E-state index contributed by atoms with van der Waals surface area (Å²) < 4.78 is 1.85. The van der Waals surface area contributed by atoms with Gasteiger partial charge >= 0.3 is 0 Å². The highest BCUT2D eigenvalue weighted by Gasteiger charge is 2.25. The van der Waals surface area contributed by atoms with Crippen molar-refractivity contribution in [2.24, 2.45) is 0 Å². The summed E-state index contributed by atoms with van der Waals surface area (Å²) >= 11 is 0. The van der Waals surface area contributed by atoms with Gasteiger partial charge in [0, 0.05) is 42.6 Å². The third-order valence-electron chi connectivity index (χ3n) is 5.39. The minimum atomic E-state index is 0.00689. The second-order valence-corrected chi connectivity index (χ2v) is 7.19. The summed E-state index contributed by atoms with van der Waals surface area (Å²) in [6.07, 6.45) is 9.21. The van der Waals surface area contributed by atoms with E-state index in [0.29, 0.717) is 6.42 Å². The van der Waals surface area contributed by atoms with Gasteiger partial charge in [-0.05, 0) is 43.9 Å². The Balaban J connectivity index is 1.68. The van der Waals surface area contributed by atoms with Crippen LogP contribution in [0.1, 0.15) is 31.2 Å². The first kappa shape index (κ1) is 18.4. The molecule has 3 heterocycles. The lowest BCUT2D eigenvalue weighted by molar-refractivity contribution is -0.129. The molecule has 1 amide bonds. The zero-order valence-electron chi connectivity index (χ0n) is 15.9. The maximum atomic E-state index is 12.9. The van der Waals surface area contributed by atoms with Gasteiger partial charge in [-0.3, -0.25) is 4.79 Å². The van der Waals surface area contributed by atoms with Gasteiger partial charge < -0.3 is 10.0 Å². The van der Waals surface area contributed by atoms with Crippen molar-refractivity contribution in [2.75, 3.05) is 13.2 Å². The molecule has 0 saturated carbocycles. The number of hydrogen-bond acceptors (Lipinski definition) is 3. The molecule has 0 unspecified atom stereocenters. The van der Waals surface area contributed by atoms with Crippen LogP contribution in [0.25, 0.3) is 22.9 Å². The lowest BCUT2D eigenvalue weighted by atomic mass is 9.99. The van der Waals surface area contributed by atoms with Crippen molar-refractivity contribution in [3.63, 3.8) is 0 Å². The van der Waals surface area contributed by atoms with Crippen LogP contribution in [0.3, 0.4) is 0 Å². The fourth-order valence-electron chi connectivity index (χ4n) is 3.98. The zero-order chi connectivity index (χ0) is 19.3. The van der Waals surface area contributed by atoms with Crippen molar-refractivity contribution in [1.29, 1.82) is 0 Å². The molecule has 1 fully saturated rings. The van der Waals surface area contributed by atoms with E-state index >= 15 is 0 Å². The van der Waals surface area contributed by atoms with Crippen molar-refractivity contribution < 1.29 is 9.90 Å². The molecule has 144 valence electrons. The SMILES string of the molecule is O=C(C=Cc1c(-c2ccccc2)nn2ccccc12)N1CCCC[C@H]1CCO. The van der Waals surface area contributed by atoms with Crippen LogP contribution < -0.4 is 0 Å². The number of rotatable bonds is 5.